The van der Waals surface area contributed by atoms with Gasteiger partial charge in [0, 0.05) is 29.8 Å². The van der Waals surface area contributed by atoms with Crippen LogP contribution in [0.3, 0.4) is 0 Å². The van der Waals surface area contributed by atoms with Crippen molar-refractivity contribution in [1.29, 1.82) is 0 Å². The lowest BCUT2D eigenvalue weighted by Crippen LogP contribution is -2.17. The van der Waals surface area contributed by atoms with Gasteiger partial charge < -0.3 is 0 Å². The highest BCUT2D eigenvalue weighted by Gasteiger charge is 2.10. The molecule has 4 nitrogen and oxygen atoms in total. The first kappa shape index (κ1) is 14.4. The predicted molar refractivity (Wildman–Crippen MR) is 70.1 cm³/mol. The van der Waals surface area contributed by atoms with E-state index >= 15 is 0 Å². The summed E-state index contributed by atoms with van der Waals surface area (Å²) in [5.41, 5.74) is -0.544. The summed E-state index contributed by atoms with van der Waals surface area (Å²) < 4.78 is 48.7. The standard InChI is InChI=1S/C13H11F2NO3S/c1-20(18,19)11-4-2-10(3-5-11)16-7-6-9(13(14)15)8-12(16)17/h2-8,13H,1H3. The van der Waals surface area contributed by atoms with Crippen molar-refractivity contribution in [2.24, 2.45) is 0 Å². The monoisotopic (exact) mass is 299 g/mol. The second-order valence-electron chi connectivity index (χ2n) is 4.24. The van der Waals surface area contributed by atoms with Gasteiger partial charge in [-0.25, -0.2) is 17.2 Å². The molecule has 0 saturated heterocycles. The van der Waals surface area contributed by atoms with Gasteiger partial charge >= 0.3 is 0 Å². The van der Waals surface area contributed by atoms with Crippen molar-refractivity contribution < 1.29 is 17.2 Å². The molecule has 0 N–H and O–H groups in total. The molecule has 2 rings (SSSR count). The number of hydrogen-bond donors (Lipinski definition) is 0. The molecule has 2 aromatic rings. The van der Waals surface area contributed by atoms with Crippen molar-refractivity contribution in [3.8, 4) is 5.69 Å². The van der Waals surface area contributed by atoms with Gasteiger partial charge in [0.1, 0.15) is 0 Å². The summed E-state index contributed by atoms with van der Waals surface area (Å²) >= 11 is 0. The molecule has 0 bridgehead atoms. The summed E-state index contributed by atoms with van der Waals surface area (Å²) in [6.45, 7) is 0. The highest BCUT2D eigenvalue weighted by Crippen LogP contribution is 2.17. The zero-order valence-corrected chi connectivity index (χ0v) is 11.3. The van der Waals surface area contributed by atoms with Crippen LogP contribution in [-0.4, -0.2) is 19.2 Å². The largest absolute Gasteiger partial charge is 0.284 e. The lowest BCUT2D eigenvalue weighted by Gasteiger charge is -2.07. The Hall–Kier alpha value is -2.02. The molecule has 0 radical (unpaired) electrons. The number of sulfone groups is 1. The topological polar surface area (TPSA) is 56.1 Å². The van der Waals surface area contributed by atoms with Gasteiger partial charge in [-0.3, -0.25) is 9.36 Å². The lowest BCUT2D eigenvalue weighted by molar-refractivity contribution is 0.151. The van der Waals surface area contributed by atoms with Crippen molar-refractivity contribution in [2.45, 2.75) is 11.3 Å². The Morgan fingerprint density at radius 1 is 1.10 bits per heavy atom. The van der Waals surface area contributed by atoms with Crippen LogP contribution in [0.5, 0.6) is 0 Å². The van der Waals surface area contributed by atoms with Crippen LogP contribution in [0, 0.1) is 0 Å². The summed E-state index contributed by atoms with van der Waals surface area (Å²) in [4.78, 5) is 11.9. The van der Waals surface area contributed by atoms with Crippen LogP contribution in [0.15, 0.2) is 52.3 Å². The van der Waals surface area contributed by atoms with E-state index in [4.69, 9.17) is 0 Å². The van der Waals surface area contributed by atoms with Gasteiger partial charge in [-0.2, -0.15) is 0 Å². The van der Waals surface area contributed by atoms with Crippen LogP contribution in [0.2, 0.25) is 0 Å². The van der Waals surface area contributed by atoms with Crippen molar-refractivity contribution >= 4 is 9.84 Å². The number of hydrogen-bond acceptors (Lipinski definition) is 3. The van der Waals surface area contributed by atoms with Gasteiger partial charge in [0.05, 0.1) is 4.90 Å². The maximum atomic E-state index is 12.5. The Balaban J connectivity index is 2.45. The van der Waals surface area contributed by atoms with E-state index in [0.29, 0.717) is 5.69 Å². The first-order valence-corrected chi connectivity index (χ1v) is 7.49. The number of nitrogens with zero attached hydrogens (tertiary/aromatic N) is 1. The summed E-state index contributed by atoms with van der Waals surface area (Å²) in [7, 11) is -3.32. The van der Waals surface area contributed by atoms with Gasteiger partial charge in [0.25, 0.3) is 12.0 Å². The molecule has 0 unspecified atom stereocenters. The number of pyridine rings is 1. The highest BCUT2D eigenvalue weighted by molar-refractivity contribution is 7.90. The minimum atomic E-state index is -3.32. The van der Waals surface area contributed by atoms with Crippen molar-refractivity contribution in [2.75, 3.05) is 6.26 Å². The fourth-order valence-corrected chi connectivity index (χ4v) is 2.33. The fourth-order valence-electron chi connectivity index (χ4n) is 1.70. The number of halogens is 2. The first-order chi connectivity index (χ1) is 9.29. The molecular formula is C13H11F2NO3S. The number of rotatable bonds is 3. The third-order valence-corrected chi connectivity index (χ3v) is 3.87. The number of aromatic nitrogens is 1. The van der Waals surface area contributed by atoms with Gasteiger partial charge in [-0.1, -0.05) is 0 Å². The van der Waals surface area contributed by atoms with E-state index in [1.165, 1.54) is 30.5 Å². The van der Waals surface area contributed by atoms with Crippen LogP contribution in [-0.2, 0) is 9.84 Å². The van der Waals surface area contributed by atoms with Crippen molar-refractivity contribution in [3.63, 3.8) is 0 Å². The molecule has 7 heteroatoms. The Kier molecular flexibility index (Phi) is 3.71. The van der Waals surface area contributed by atoms with Crippen molar-refractivity contribution in [1.82, 2.24) is 4.57 Å². The summed E-state index contributed by atoms with van der Waals surface area (Å²) in [5, 5.41) is 0. The molecule has 1 heterocycles. The Bertz CT molecular complexity index is 780. The van der Waals surface area contributed by atoms with E-state index in [9.17, 15) is 22.0 Å². The lowest BCUT2D eigenvalue weighted by atomic mass is 10.2. The Morgan fingerprint density at radius 2 is 1.70 bits per heavy atom. The molecule has 0 saturated carbocycles. The maximum Gasteiger partial charge on any atom is 0.264 e. The highest BCUT2D eigenvalue weighted by atomic mass is 32.2. The molecule has 0 fully saturated rings. The van der Waals surface area contributed by atoms with E-state index < -0.39 is 21.8 Å². The summed E-state index contributed by atoms with van der Waals surface area (Å²) in [6.07, 6.45) is -0.393. The van der Waals surface area contributed by atoms with E-state index in [1.807, 2.05) is 0 Å². The van der Waals surface area contributed by atoms with Gasteiger partial charge in [0.2, 0.25) is 0 Å². The van der Waals surface area contributed by atoms with Crippen LogP contribution in [0.4, 0.5) is 8.78 Å². The second kappa shape index (κ2) is 5.16. The molecule has 20 heavy (non-hydrogen) atoms. The average molecular weight is 299 g/mol. The second-order valence-corrected chi connectivity index (χ2v) is 6.25. The third kappa shape index (κ3) is 2.93. The van der Waals surface area contributed by atoms with E-state index in [0.717, 1.165) is 23.0 Å². The molecule has 0 aliphatic rings. The summed E-state index contributed by atoms with van der Waals surface area (Å²) in [6, 6.07) is 7.61. The average Bonchev–Trinajstić information content (AvgIpc) is 2.37. The number of benzene rings is 1. The fraction of sp³-hybridized carbons (Fsp3) is 0.154. The zero-order chi connectivity index (χ0) is 14.9. The Labute approximate surface area is 114 Å². The van der Waals surface area contributed by atoms with Gasteiger partial charge in [-0.15, -0.1) is 0 Å². The predicted octanol–water partition coefficient (Wildman–Crippen LogP) is 2.18. The molecule has 0 amide bonds. The summed E-state index contributed by atoms with van der Waals surface area (Å²) in [5.74, 6) is 0. The first-order valence-electron chi connectivity index (χ1n) is 5.60. The normalized spacial score (nSPS) is 11.8. The molecular weight excluding hydrogens is 288 g/mol. The van der Waals surface area contributed by atoms with E-state index in [-0.39, 0.29) is 10.5 Å². The SMILES string of the molecule is CS(=O)(=O)c1ccc(-n2ccc(C(F)F)cc2=O)cc1. The van der Waals surface area contributed by atoms with Gasteiger partial charge in [-0.05, 0) is 30.3 Å². The van der Waals surface area contributed by atoms with Crippen molar-refractivity contribution in [3.05, 3.63) is 58.5 Å². The van der Waals surface area contributed by atoms with E-state index in [2.05, 4.69) is 0 Å². The van der Waals surface area contributed by atoms with Crippen LogP contribution in [0.1, 0.15) is 12.0 Å². The molecule has 0 aliphatic carbocycles. The van der Waals surface area contributed by atoms with Gasteiger partial charge in [0.15, 0.2) is 9.84 Å². The molecule has 0 aliphatic heterocycles. The molecule has 0 atom stereocenters. The molecule has 1 aromatic carbocycles. The molecule has 0 spiro atoms. The minimum Gasteiger partial charge on any atom is -0.284 e. The third-order valence-electron chi connectivity index (χ3n) is 2.74. The van der Waals surface area contributed by atoms with Crippen LogP contribution < -0.4 is 5.56 Å². The molecule has 1 aromatic heterocycles. The minimum absolute atomic E-state index is 0.124. The van der Waals surface area contributed by atoms with Crippen LogP contribution >= 0.6 is 0 Å². The number of alkyl halides is 2. The zero-order valence-electron chi connectivity index (χ0n) is 10.5. The molecule has 106 valence electrons. The smallest absolute Gasteiger partial charge is 0.264 e. The van der Waals surface area contributed by atoms with E-state index in [1.54, 1.807) is 0 Å². The Morgan fingerprint density at radius 3 is 2.15 bits per heavy atom. The maximum absolute atomic E-state index is 12.5. The quantitative estimate of drug-likeness (QED) is 0.873. The van der Waals surface area contributed by atoms with Crippen LogP contribution in [0.25, 0.3) is 5.69 Å².